The molecule has 0 saturated heterocycles. The molecule has 1 rings (SSSR count). The number of carboxylic acids is 1. The maximum Gasteiger partial charge on any atom is 0.311 e. The van der Waals surface area contributed by atoms with Crippen molar-refractivity contribution in [2.45, 2.75) is 19.3 Å². The number of hydrogen-bond donors (Lipinski definition) is 1. The minimum atomic E-state index is -0.904. The number of hydrogen-bond acceptors (Lipinski definition) is 2. The van der Waals surface area contributed by atoms with Crippen LogP contribution in [0.3, 0.4) is 0 Å². The monoisotopic (exact) mass is 233 g/mol. The lowest BCUT2D eigenvalue weighted by Crippen LogP contribution is -2.11. The first-order chi connectivity index (χ1) is 6.56. The van der Waals surface area contributed by atoms with Gasteiger partial charge < -0.3 is 5.11 Å². The second-order valence-electron chi connectivity index (χ2n) is 2.83. The van der Waals surface area contributed by atoms with E-state index in [-0.39, 0.29) is 5.15 Å². The molecule has 0 saturated carbocycles. The van der Waals surface area contributed by atoms with Crippen molar-refractivity contribution in [3.63, 3.8) is 0 Å². The minimum absolute atomic E-state index is 0.263. The molecule has 5 heteroatoms. The number of rotatable bonds is 3. The van der Waals surface area contributed by atoms with Crippen molar-refractivity contribution in [1.82, 2.24) is 4.98 Å². The van der Waals surface area contributed by atoms with Gasteiger partial charge in [0.2, 0.25) is 0 Å². The zero-order valence-corrected chi connectivity index (χ0v) is 9.01. The number of aromatic nitrogens is 1. The third-order valence-corrected chi connectivity index (χ3v) is 2.46. The van der Waals surface area contributed by atoms with Crippen LogP contribution in [-0.2, 0) is 4.79 Å². The second kappa shape index (κ2) is 4.62. The van der Waals surface area contributed by atoms with Gasteiger partial charge in [-0.3, -0.25) is 4.79 Å². The normalized spacial score (nSPS) is 12.5. The lowest BCUT2D eigenvalue weighted by Gasteiger charge is -2.11. The van der Waals surface area contributed by atoms with Crippen LogP contribution in [0.4, 0.5) is 0 Å². The van der Waals surface area contributed by atoms with Crippen LogP contribution < -0.4 is 0 Å². The van der Waals surface area contributed by atoms with Crippen LogP contribution in [0.1, 0.15) is 24.8 Å². The maximum atomic E-state index is 10.8. The Hall–Kier alpha value is -0.800. The molecule has 1 heterocycles. The van der Waals surface area contributed by atoms with Crippen molar-refractivity contribution < 1.29 is 9.90 Å². The fraction of sp³-hybridized carbons (Fsp3) is 0.333. The van der Waals surface area contributed by atoms with Crippen molar-refractivity contribution >= 4 is 29.2 Å². The Morgan fingerprint density at radius 2 is 2.29 bits per heavy atom. The molecule has 1 N–H and O–H groups in total. The van der Waals surface area contributed by atoms with Gasteiger partial charge in [-0.1, -0.05) is 30.1 Å². The average molecular weight is 234 g/mol. The van der Waals surface area contributed by atoms with Crippen molar-refractivity contribution in [1.29, 1.82) is 0 Å². The molecule has 0 aromatic carbocycles. The van der Waals surface area contributed by atoms with Gasteiger partial charge in [-0.2, -0.15) is 0 Å². The van der Waals surface area contributed by atoms with E-state index in [9.17, 15) is 4.79 Å². The van der Waals surface area contributed by atoms with E-state index in [0.29, 0.717) is 17.0 Å². The van der Waals surface area contributed by atoms with Crippen LogP contribution in [0, 0.1) is 0 Å². The van der Waals surface area contributed by atoms with Gasteiger partial charge in [-0.25, -0.2) is 4.98 Å². The van der Waals surface area contributed by atoms with Crippen molar-refractivity contribution in [2.75, 3.05) is 0 Å². The largest absolute Gasteiger partial charge is 0.481 e. The molecule has 0 spiro atoms. The van der Waals surface area contributed by atoms with Crippen LogP contribution in [0.25, 0.3) is 0 Å². The Balaban J connectivity index is 3.10. The highest BCUT2D eigenvalue weighted by molar-refractivity contribution is 6.34. The summed E-state index contributed by atoms with van der Waals surface area (Å²) in [5.74, 6) is -1.52. The molecule has 0 fully saturated rings. The van der Waals surface area contributed by atoms with E-state index in [1.165, 1.54) is 12.3 Å². The Kier molecular flexibility index (Phi) is 3.72. The Morgan fingerprint density at radius 1 is 1.64 bits per heavy atom. The highest BCUT2D eigenvalue weighted by atomic mass is 35.5. The highest BCUT2D eigenvalue weighted by Gasteiger charge is 2.20. The van der Waals surface area contributed by atoms with E-state index < -0.39 is 11.9 Å². The molecule has 14 heavy (non-hydrogen) atoms. The van der Waals surface area contributed by atoms with Gasteiger partial charge in [0.05, 0.1) is 5.92 Å². The zero-order chi connectivity index (χ0) is 10.7. The number of halogens is 2. The second-order valence-corrected chi connectivity index (χ2v) is 3.62. The van der Waals surface area contributed by atoms with Crippen molar-refractivity contribution in [3.05, 3.63) is 28.0 Å². The third kappa shape index (κ3) is 2.36. The molecule has 0 aliphatic heterocycles. The van der Waals surface area contributed by atoms with E-state index >= 15 is 0 Å². The predicted molar refractivity (Wildman–Crippen MR) is 54.9 cm³/mol. The molecule has 76 valence electrons. The summed E-state index contributed by atoms with van der Waals surface area (Å²) in [7, 11) is 0. The van der Waals surface area contributed by atoms with Crippen LogP contribution >= 0.6 is 23.2 Å². The fourth-order valence-corrected chi connectivity index (χ4v) is 1.70. The zero-order valence-electron chi connectivity index (χ0n) is 7.50. The summed E-state index contributed by atoms with van der Waals surface area (Å²) in [4.78, 5) is 14.7. The molecule has 1 atom stereocenters. The van der Waals surface area contributed by atoms with Gasteiger partial charge in [0.15, 0.2) is 0 Å². The summed E-state index contributed by atoms with van der Waals surface area (Å²) in [6, 6.07) is 1.45. The molecule has 1 unspecified atom stereocenters. The van der Waals surface area contributed by atoms with Gasteiger partial charge >= 0.3 is 5.97 Å². The van der Waals surface area contributed by atoms with E-state index in [0.717, 1.165) is 0 Å². The van der Waals surface area contributed by atoms with Gasteiger partial charge in [0.25, 0.3) is 0 Å². The molecule has 3 nitrogen and oxygen atoms in total. The number of carbonyl (C=O) groups is 1. The lowest BCUT2D eigenvalue weighted by molar-refractivity contribution is -0.138. The van der Waals surface area contributed by atoms with Crippen LogP contribution in [0.2, 0.25) is 10.2 Å². The summed E-state index contributed by atoms with van der Waals surface area (Å²) in [6.45, 7) is 1.78. The Morgan fingerprint density at radius 3 is 2.71 bits per heavy atom. The van der Waals surface area contributed by atoms with Crippen LogP contribution in [0.5, 0.6) is 0 Å². The summed E-state index contributed by atoms with van der Waals surface area (Å²) in [5, 5.41) is 9.51. The van der Waals surface area contributed by atoms with Gasteiger partial charge in [0, 0.05) is 16.8 Å². The van der Waals surface area contributed by atoms with Crippen LogP contribution in [-0.4, -0.2) is 16.1 Å². The third-order valence-electron chi connectivity index (χ3n) is 1.93. The molecule has 0 amide bonds. The topological polar surface area (TPSA) is 50.2 Å². The molecule has 0 bridgehead atoms. The SMILES string of the molecule is CCC(C(=O)O)c1cnc(Cl)cc1Cl. The summed E-state index contributed by atoms with van der Waals surface area (Å²) in [5.41, 5.74) is 0.506. The predicted octanol–water partition coefficient (Wildman–Crippen LogP) is 2.97. The number of carboxylic acid groups (broad SMARTS) is 1. The summed E-state index contributed by atoms with van der Waals surface area (Å²) >= 11 is 11.5. The quantitative estimate of drug-likeness (QED) is 0.818. The molecule has 1 aromatic rings. The maximum absolute atomic E-state index is 10.8. The standard InChI is InChI=1S/C9H9Cl2NO2/c1-2-5(9(13)14)6-4-12-8(11)3-7(6)10/h3-5H,2H2,1H3,(H,13,14). The van der Waals surface area contributed by atoms with Crippen molar-refractivity contribution in [3.8, 4) is 0 Å². The Labute approximate surface area is 91.7 Å². The molecule has 0 aliphatic rings. The van der Waals surface area contributed by atoms with Gasteiger partial charge in [0.1, 0.15) is 5.15 Å². The van der Waals surface area contributed by atoms with Crippen LogP contribution in [0.15, 0.2) is 12.3 Å². The minimum Gasteiger partial charge on any atom is -0.481 e. The molecule has 0 aliphatic carbocycles. The Bertz CT molecular complexity index is 355. The molecular weight excluding hydrogens is 225 g/mol. The van der Waals surface area contributed by atoms with Gasteiger partial charge in [-0.05, 0) is 12.5 Å². The van der Waals surface area contributed by atoms with E-state index in [2.05, 4.69) is 4.98 Å². The average Bonchev–Trinajstić information content (AvgIpc) is 2.09. The first kappa shape index (κ1) is 11.3. The number of aliphatic carboxylic acids is 1. The molecule has 0 radical (unpaired) electrons. The summed E-state index contributed by atoms with van der Waals surface area (Å²) < 4.78 is 0. The first-order valence-electron chi connectivity index (χ1n) is 4.10. The van der Waals surface area contributed by atoms with E-state index in [1.54, 1.807) is 6.92 Å². The summed E-state index contributed by atoms with van der Waals surface area (Å²) in [6.07, 6.45) is 1.88. The lowest BCUT2D eigenvalue weighted by atomic mass is 9.98. The first-order valence-corrected chi connectivity index (χ1v) is 4.85. The highest BCUT2D eigenvalue weighted by Crippen LogP contribution is 2.28. The van der Waals surface area contributed by atoms with E-state index in [4.69, 9.17) is 28.3 Å². The molecular formula is C9H9Cl2NO2. The smallest absolute Gasteiger partial charge is 0.311 e. The number of nitrogens with zero attached hydrogens (tertiary/aromatic N) is 1. The van der Waals surface area contributed by atoms with Crippen molar-refractivity contribution in [2.24, 2.45) is 0 Å². The van der Waals surface area contributed by atoms with Gasteiger partial charge in [-0.15, -0.1) is 0 Å². The molecule has 1 aromatic heterocycles. The van der Waals surface area contributed by atoms with E-state index in [1.807, 2.05) is 0 Å². The number of pyridine rings is 1. The fourth-order valence-electron chi connectivity index (χ4n) is 1.20.